The van der Waals surface area contributed by atoms with Crippen LogP contribution in [-0.4, -0.2) is 10.8 Å². The lowest BCUT2D eigenvalue weighted by Crippen LogP contribution is -2.41. The highest BCUT2D eigenvalue weighted by atomic mass is 16.5. The van der Waals surface area contributed by atoms with Gasteiger partial charge < -0.3 is 14.4 Å². The summed E-state index contributed by atoms with van der Waals surface area (Å²) >= 11 is 0. The Balaban J connectivity index is 1.65. The molecule has 1 saturated carbocycles. The molecule has 0 atom stereocenters. The molecule has 5 rings (SSSR count). The third-order valence-corrected chi connectivity index (χ3v) is 6.20. The normalized spacial score (nSPS) is 22.4. The van der Waals surface area contributed by atoms with Crippen LogP contribution >= 0.6 is 0 Å². The third-order valence-electron chi connectivity index (χ3n) is 6.20. The van der Waals surface area contributed by atoms with Gasteiger partial charge in [0, 0.05) is 17.0 Å². The van der Waals surface area contributed by atoms with E-state index >= 15 is 0 Å². The van der Waals surface area contributed by atoms with E-state index in [0.29, 0.717) is 5.55 Å². The van der Waals surface area contributed by atoms with Gasteiger partial charge in [-0.1, -0.05) is 6.42 Å². The van der Waals surface area contributed by atoms with Gasteiger partial charge in [0.15, 0.2) is 0 Å². The van der Waals surface area contributed by atoms with Gasteiger partial charge in [0.2, 0.25) is 0 Å². The van der Waals surface area contributed by atoms with E-state index in [2.05, 4.69) is 11.2 Å². The van der Waals surface area contributed by atoms with Crippen LogP contribution in [-0.2, 0) is 19.3 Å². The summed E-state index contributed by atoms with van der Waals surface area (Å²) in [6, 6.07) is 4.29. The Morgan fingerprint density at radius 3 is 2.58 bits per heavy atom. The SMILES string of the molecule is O/N=c1/oc2cc3c(cc2c2c1CCC2)CCC1(CCCCC1)O3. The van der Waals surface area contributed by atoms with Crippen LogP contribution in [0.1, 0.15) is 61.6 Å². The van der Waals surface area contributed by atoms with E-state index in [1.807, 2.05) is 6.07 Å². The molecule has 1 fully saturated rings. The molecule has 1 aliphatic heterocycles. The summed E-state index contributed by atoms with van der Waals surface area (Å²) in [5.41, 5.74) is 4.87. The Labute approximate surface area is 141 Å². The number of rotatable bonds is 0. The Bertz CT molecular complexity index is 875. The predicted molar refractivity (Wildman–Crippen MR) is 90.4 cm³/mol. The van der Waals surface area contributed by atoms with E-state index in [9.17, 15) is 5.21 Å². The first-order chi connectivity index (χ1) is 11.8. The quantitative estimate of drug-likeness (QED) is 0.582. The second-order valence-electron chi connectivity index (χ2n) is 7.62. The van der Waals surface area contributed by atoms with Crippen LogP contribution < -0.4 is 10.3 Å². The molecule has 0 bridgehead atoms. The molecule has 126 valence electrons. The molecule has 1 aromatic heterocycles. The second kappa shape index (κ2) is 5.27. The summed E-state index contributed by atoms with van der Waals surface area (Å²) in [6.07, 6.45) is 11.5. The molecule has 0 amide bonds. The minimum Gasteiger partial charge on any atom is -0.487 e. The molecule has 24 heavy (non-hydrogen) atoms. The lowest BCUT2D eigenvalue weighted by molar-refractivity contribution is 0.0109. The molecule has 1 spiro atoms. The first-order valence-electron chi connectivity index (χ1n) is 9.27. The average Bonchev–Trinajstić information content (AvgIpc) is 3.10. The summed E-state index contributed by atoms with van der Waals surface area (Å²) in [5.74, 6) is 0.973. The fourth-order valence-electron chi connectivity index (χ4n) is 4.94. The Morgan fingerprint density at radius 1 is 0.917 bits per heavy atom. The molecule has 4 heteroatoms. The van der Waals surface area contributed by atoms with Gasteiger partial charge in [0.05, 0.1) is 0 Å². The van der Waals surface area contributed by atoms with Crippen LogP contribution in [0.15, 0.2) is 21.7 Å². The Morgan fingerprint density at radius 2 is 1.75 bits per heavy atom. The standard InChI is InChI=1S/C20H23NO3/c22-21-19-15-6-4-5-14(15)16-11-13-7-10-20(8-2-1-3-9-20)24-17(13)12-18(16)23-19/h11-12,22H,1-10H2/b21-19+. The van der Waals surface area contributed by atoms with Crippen molar-refractivity contribution in [2.45, 2.75) is 69.8 Å². The number of ether oxygens (including phenoxy) is 1. The van der Waals surface area contributed by atoms with Crippen LogP contribution in [0.2, 0.25) is 0 Å². The zero-order valence-corrected chi connectivity index (χ0v) is 13.9. The fraction of sp³-hybridized carbons (Fsp3) is 0.550. The van der Waals surface area contributed by atoms with Crippen molar-refractivity contribution < 1.29 is 14.4 Å². The van der Waals surface area contributed by atoms with Gasteiger partial charge in [-0.25, -0.2) is 0 Å². The molecule has 3 aliphatic rings. The van der Waals surface area contributed by atoms with Gasteiger partial charge in [-0.3, -0.25) is 0 Å². The summed E-state index contributed by atoms with van der Waals surface area (Å²) in [7, 11) is 0. The number of aryl methyl sites for hydroxylation is 2. The van der Waals surface area contributed by atoms with Crippen molar-refractivity contribution in [3.63, 3.8) is 0 Å². The van der Waals surface area contributed by atoms with Crippen LogP contribution in [0.4, 0.5) is 0 Å². The molecule has 0 saturated heterocycles. The van der Waals surface area contributed by atoms with Crippen molar-refractivity contribution in [1.82, 2.24) is 0 Å². The van der Waals surface area contributed by atoms with Gasteiger partial charge >= 0.3 is 0 Å². The summed E-state index contributed by atoms with van der Waals surface area (Å²) in [6.45, 7) is 0. The largest absolute Gasteiger partial charge is 0.487 e. The van der Waals surface area contributed by atoms with Gasteiger partial charge in [0.25, 0.3) is 5.55 Å². The van der Waals surface area contributed by atoms with Crippen molar-refractivity contribution >= 4 is 11.0 Å². The van der Waals surface area contributed by atoms with Gasteiger partial charge in [-0.05, 0) is 80.1 Å². The van der Waals surface area contributed by atoms with Crippen LogP contribution in [0, 0.1) is 0 Å². The van der Waals surface area contributed by atoms with Gasteiger partial charge in [0.1, 0.15) is 16.9 Å². The minimum atomic E-state index is 0.0415. The highest BCUT2D eigenvalue weighted by Gasteiger charge is 2.37. The summed E-state index contributed by atoms with van der Waals surface area (Å²) < 4.78 is 12.4. The summed E-state index contributed by atoms with van der Waals surface area (Å²) in [4.78, 5) is 0. The number of benzene rings is 1. The summed E-state index contributed by atoms with van der Waals surface area (Å²) in [5, 5.41) is 13.9. The van der Waals surface area contributed by atoms with Crippen LogP contribution in [0.5, 0.6) is 5.75 Å². The van der Waals surface area contributed by atoms with E-state index < -0.39 is 0 Å². The lowest BCUT2D eigenvalue weighted by atomic mass is 9.79. The molecular formula is C20H23NO3. The molecular weight excluding hydrogens is 302 g/mol. The van der Waals surface area contributed by atoms with E-state index in [1.54, 1.807) is 0 Å². The van der Waals surface area contributed by atoms with Gasteiger partial charge in [-0.15, -0.1) is 0 Å². The van der Waals surface area contributed by atoms with Crippen molar-refractivity contribution in [3.8, 4) is 5.75 Å². The topological polar surface area (TPSA) is 55.0 Å². The van der Waals surface area contributed by atoms with E-state index in [4.69, 9.17) is 9.15 Å². The van der Waals surface area contributed by atoms with Crippen molar-refractivity contribution in [2.24, 2.45) is 5.16 Å². The van der Waals surface area contributed by atoms with E-state index in [-0.39, 0.29) is 5.60 Å². The van der Waals surface area contributed by atoms with Crippen molar-refractivity contribution in [1.29, 1.82) is 0 Å². The monoisotopic (exact) mass is 325 g/mol. The maximum atomic E-state index is 9.30. The maximum absolute atomic E-state index is 9.30. The maximum Gasteiger partial charge on any atom is 0.259 e. The van der Waals surface area contributed by atoms with Crippen LogP contribution in [0.3, 0.4) is 0 Å². The smallest absolute Gasteiger partial charge is 0.259 e. The molecule has 0 unspecified atom stereocenters. The van der Waals surface area contributed by atoms with Crippen molar-refractivity contribution in [2.75, 3.05) is 0 Å². The highest BCUT2D eigenvalue weighted by molar-refractivity contribution is 5.84. The molecule has 1 aromatic carbocycles. The van der Waals surface area contributed by atoms with Crippen LogP contribution in [0.25, 0.3) is 11.0 Å². The molecule has 1 N–H and O–H groups in total. The number of hydrogen-bond donors (Lipinski definition) is 1. The third kappa shape index (κ3) is 2.08. The fourth-order valence-corrected chi connectivity index (χ4v) is 4.94. The Kier molecular flexibility index (Phi) is 3.15. The highest BCUT2D eigenvalue weighted by Crippen LogP contribution is 2.43. The predicted octanol–water partition coefficient (Wildman–Crippen LogP) is 4.24. The zero-order chi connectivity index (χ0) is 16.1. The number of nitrogens with zero attached hydrogens (tertiary/aromatic N) is 1. The van der Waals surface area contributed by atoms with E-state index in [1.165, 1.54) is 48.6 Å². The minimum absolute atomic E-state index is 0.0415. The number of fused-ring (bicyclic) bond motifs is 4. The Hall–Kier alpha value is -1.97. The molecule has 2 aliphatic carbocycles. The molecule has 4 nitrogen and oxygen atoms in total. The molecule has 2 aromatic rings. The second-order valence-corrected chi connectivity index (χ2v) is 7.62. The molecule has 2 heterocycles. The van der Waals surface area contributed by atoms with Crippen molar-refractivity contribution in [3.05, 3.63) is 34.4 Å². The van der Waals surface area contributed by atoms with Gasteiger partial charge in [-0.2, -0.15) is 0 Å². The molecule has 0 radical (unpaired) electrons. The zero-order valence-electron chi connectivity index (χ0n) is 13.9. The number of hydrogen-bond acceptors (Lipinski definition) is 4. The van der Waals surface area contributed by atoms with E-state index in [0.717, 1.165) is 49.0 Å². The average molecular weight is 325 g/mol. The lowest BCUT2D eigenvalue weighted by Gasteiger charge is -2.41. The first kappa shape index (κ1) is 14.4. The first-order valence-corrected chi connectivity index (χ1v) is 9.27.